The smallest absolute Gasteiger partial charge is 0.417 e. The van der Waals surface area contributed by atoms with Gasteiger partial charge in [-0.25, -0.2) is 0 Å². The number of carbonyl (C=O) groups is 1. The summed E-state index contributed by atoms with van der Waals surface area (Å²) in [5.41, 5.74) is 5.68. The molecule has 1 atom stereocenters. The van der Waals surface area contributed by atoms with E-state index in [1.807, 2.05) is 30.3 Å². The first kappa shape index (κ1) is 18.6. The van der Waals surface area contributed by atoms with Crippen LogP contribution in [0.3, 0.4) is 0 Å². The molecule has 0 saturated carbocycles. The number of ether oxygens (including phenoxy) is 1. The van der Waals surface area contributed by atoms with E-state index < -0.39 is 23.6 Å². The standard InChI is InChI=1S/C21H13BrF3NO2/c22-16-9-8-12(10-15(16)21(23,24)25)17-18(27)19(28-20(17)26)14-7-3-5-11-4-1-2-6-13(11)14/h1-10,19H,26H2. The normalized spacial score (nSPS) is 17.3. The molecule has 3 aromatic carbocycles. The van der Waals surface area contributed by atoms with Gasteiger partial charge in [0.2, 0.25) is 5.78 Å². The summed E-state index contributed by atoms with van der Waals surface area (Å²) in [6.45, 7) is 0. The van der Waals surface area contributed by atoms with E-state index in [0.717, 1.165) is 16.8 Å². The van der Waals surface area contributed by atoms with Gasteiger partial charge in [0.25, 0.3) is 0 Å². The minimum absolute atomic E-state index is 0.0454. The highest BCUT2D eigenvalue weighted by atomic mass is 79.9. The molecule has 0 aliphatic carbocycles. The topological polar surface area (TPSA) is 52.3 Å². The quantitative estimate of drug-likeness (QED) is 0.556. The number of fused-ring (bicyclic) bond motifs is 1. The van der Waals surface area contributed by atoms with Gasteiger partial charge in [-0.1, -0.05) is 64.5 Å². The molecule has 0 aromatic heterocycles. The monoisotopic (exact) mass is 447 g/mol. The van der Waals surface area contributed by atoms with Crippen molar-refractivity contribution in [2.24, 2.45) is 5.73 Å². The zero-order chi connectivity index (χ0) is 20.1. The summed E-state index contributed by atoms with van der Waals surface area (Å²) in [4.78, 5) is 13.1. The van der Waals surface area contributed by atoms with E-state index in [1.54, 1.807) is 12.1 Å². The van der Waals surface area contributed by atoms with Crippen LogP contribution in [0.1, 0.15) is 22.8 Å². The molecule has 28 heavy (non-hydrogen) atoms. The lowest BCUT2D eigenvalue weighted by Gasteiger charge is -2.13. The average Bonchev–Trinajstić information content (AvgIpc) is 2.95. The number of hydrogen-bond acceptors (Lipinski definition) is 3. The molecule has 3 aromatic rings. The van der Waals surface area contributed by atoms with Crippen molar-refractivity contribution in [2.75, 3.05) is 0 Å². The Morgan fingerprint density at radius 1 is 1.00 bits per heavy atom. The lowest BCUT2D eigenvalue weighted by atomic mass is 9.93. The van der Waals surface area contributed by atoms with Crippen LogP contribution in [0.2, 0.25) is 0 Å². The maximum atomic E-state index is 13.2. The second-order valence-electron chi connectivity index (χ2n) is 6.36. The Labute approximate surface area is 166 Å². The number of ketones is 1. The summed E-state index contributed by atoms with van der Waals surface area (Å²) < 4.78 is 45.2. The summed E-state index contributed by atoms with van der Waals surface area (Å²) >= 11 is 2.90. The van der Waals surface area contributed by atoms with E-state index in [2.05, 4.69) is 15.9 Å². The zero-order valence-electron chi connectivity index (χ0n) is 14.3. The molecule has 0 fully saturated rings. The molecule has 1 unspecified atom stereocenters. The van der Waals surface area contributed by atoms with Crippen molar-refractivity contribution in [1.29, 1.82) is 0 Å². The van der Waals surface area contributed by atoms with E-state index in [1.165, 1.54) is 12.1 Å². The van der Waals surface area contributed by atoms with Gasteiger partial charge in [0.1, 0.15) is 0 Å². The van der Waals surface area contributed by atoms with Crippen LogP contribution in [0.5, 0.6) is 0 Å². The van der Waals surface area contributed by atoms with Gasteiger partial charge in [-0.15, -0.1) is 0 Å². The molecule has 142 valence electrons. The average molecular weight is 448 g/mol. The lowest BCUT2D eigenvalue weighted by molar-refractivity contribution is -0.138. The fraction of sp³-hybridized carbons (Fsp3) is 0.0952. The third-order valence-corrected chi connectivity index (χ3v) is 5.33. The van der Waals surface area contributed by atoms with Gasteiger partial charge >= 0.3 is 6.18 Å². The van der Waals surface area contributed by atoms with Crippen molar-refractivity contribution in [3.05, 3.63) is 87.7 Å². The largest absolute Gasteiger partial charge is 0.462 e. The summed E-state index contributed by atoms with van der Waals surface area (Å²) in [6, 6.07) is 16.5. The van der Waals surface area contributed by atoms with Gasteiger partial charge in [-0.2, -0.15) is 13.2 Å². The molecule has 1 heterocycles. The molecule has 0 amide bonds. The molecule has 1 aliphatic rings. The van der Waals surface area contributed by atoms with Crippen molar-refractivity contribution >= 4 is 38.1 Å². The number of nitrogens with two attached hydrogens (primary N) is 1. The van der Waals surface area contributed by atoms with Crippen molar-refractivity contribution in [2.45, 2.75) is 12.3 Å². The van der Waals surface area contributed by atoms with E-state index >= 15 is 0 Å². The van der Waals surface area contributed by atoms with Crippen molar-refractivity contribution in [3.63, 3.8) is 0 Å². The van der Waals surface area contributed by atoms with Crippen LogP contribution in [0.25, 0.3) is 16.3 Å². The lowest BCUT2D eigenvalue weighted by Crippen LogP contribution is -2.11. The highest BCUT2D eigenvalue weighted by Crippen LogP contribution is 2.41. The molecule has 4 rings (SSSR count). The minimum Gasteiger partial charge on any atom is -0.462 e. The van der Waals surface area contributed by atoms with Gasteiger partial charge in [0, 0.05) is 10.0 Å². The third kappa shape index (κ3) is 3.05. The van der Waals surface area contributed by atoms with Gasteiger partial charge in [0.05, 0.1) is 11.1 Å². The van der Waals surface area contributed by atoms with Gasteiger partial charge in [-0.05, 0) is 28.5 Å². The van der Waals surface area contributed by atoms with E-state index in [0.29, 0.717) is 5.56 Å². The van der Waals surface area contributed by atoms with Crippen LogP contribution >= 0.6 is 15.9 Å². The molecule has 0 spiro atoms. The Bertz CT molecular complexity index is 1130. The molecule has 0 bridgehead atoms. The van der Waals surface area contributed by atoms with Crippen molar-refractivity contribution in [3.8, 4) is 0 Å². The molecule has 2 N–H and O–H groups in total. The fourth-order valence-corrected chi connectivity index (χ4v) is 3.83. The Hall–Kier alpha value is -2.80. The minimum atomic E-state index is -4.57. The molecule has 3 nitrogen and oxygen atoms in total. The predicted octanol–water partition coefficient (Wildman–Crippen LogP) is 5.59. The zero-order valence-corrected chi connectivity index (χ0v) is 15.8. The summed E-state index contributed by atoms with van der Waals surface area (Å²) in [5, 5.41) is 1.75. The molecule has 0 radical (unpaired) electrons. The van der Waals surface area contributed by atoms with Crippen LogP contribution in [0.4, 0.5) is 13.2 Å². The fourth-order valence-electron chi connectivity index (χ4n) is 3.36. The van der Waals surface area contributed by atoms with Crippen LogP contribution < -0.4 is 5.73 Å². The van der Waals surface area contributed by atoms with E-state index in [-0.39, 0.29) is 21.5 Å². The van der Waals surface area contributed by atoms with Gasteiger partial charge < -0.3 is 10.5 Å². The highest BCUT2D eigenvalue weighted by Gasteiger charge is 2.39. The van der Waals surface area contributed by atoms with Crippen LogP contribution in [-0.4, -0.2) is 5.78 Å². The number of halogens is 4. The SMILES string of the molecule is NC1=C(c2ccc(Br)c(C(F)(F)F)c2)C(=O)C(c2cccc3ccccc23)O1. The molecular formula is C21H13BrF3NO2. The molecule has 0 saturated heterocycles. The van der Waals surface area contributed by atoms with Crippen molar-refractivity contribution < 1.29 is 22.7 Å². The first-order valence-corrected chi connectivity index (χ1v) is 9.12. The number of benzene rings is 3. The Kier molecular flexibility index (Phi) is 4.42. The Morgan fingerprint density at radius 2 is 1.71 bits per heavy atom. The number of alkyl halides is 3. The van der Waals surface area contributed by atoms with Crippen LogP contribution in [-0.2, 0) is 15.7 Å². The summed E-state index contributed by atoms with van der Waals surface area (Å²) in [6.07, 6.45) is -5.57. The maximum Gasteiger partial charge on any atom is 0.417 e. The van der Waals surface area contributed by atoms with Crippen LogP contribution in [0.15, 0.2) is 71.0 Å². The second-order valence-corrected chi connectivity index (χ2v) is 7.22. The van der Waals surface area contributed by atoms with Crippen molar-refractivity contribution in [1.82, 2.24) is 0 Å². The molecule has 1 aliphatic heterocycles. The van der Waals surface area contributed by atoms with E-state index in [4.69, 9.17) is 10.5 Å². The Balaban J connectivity index is 1.78. The number of hydrogen-bond donors (Lipinski definition) is 1. The molecule has 7 heteroatoms. The summed E-state index contributed by atoms with van der Waals surface area (Å²) in [5.74, 6) is -0.650. The summed E-state index contributed by atoms with van der Waals surface area (Å²) in [7, 11) is 0. The van der Waals surface area contributed by atoms with Gasteiger partial charge in [-0.3, -0.25) is 4.79 Å². The number of carbonyl (C=O) groups excluding carboxylic acids is 1. The highest BCUT2D eigenvalue weighted by molar-refractivity contribution is 9.10. The maximum absolute atomic E-state index is 13.2. The van der Waals surface area contributed by atoms with E-state index in [9.17, 15) is 18.0 Å². The predicted molar refractivity (Wildman–Crippen MR) is 103 cm³/mol. The Morgan fingerprint density at radius 3 is 2.46 bits per heavy atom. The number of Topliss-reactive ketones (excluding diaryl/α,β-unsaturated/α-hetero) is 1. The van der Waals surface area contributed by atoms with Gasteiger partial charge in [0.15, 0.2) is 12.0 Å². The van der Waals surface area contributed by atoms with Crippen LogP contribution in [0, 0.1) is 0 Å². The second kappa shape index (κ2) is 6.67. The first-order chi connectivity index (χ1) is 13.3. The molecular weight excluding hydrogens is 435 g/mol. The number of rotatable bonds is 2. The third-order valence-electron chi connectivity index (χ3n) is 4.64. The first-order valence-electron chi connectivity index (χ1n) is 8.33.